The maximum atomic E-state index is 15.0. The van der Waals surface area contributed by atoms with Crippen LogP contribution in [0.25, 0.3) is 0 Å². The minimum atomic E-state index is -0.782. The number of nitrogen functional groups attached to an aromatic ring is 1. The first kappa shape index (κ1) is 23.4. The lowest BCUT2D eigenvalue weighted by Gasteiger charge is -2.15. The van der Waals surface area contributed by atoms with Crippen LogP contribution in [0.2, 0.25) is 0 Å². The third kappa shape index (κ3) is 5.28. The fraction of sp³-hybridized carbons (Fsp3) is 0.154. The summed E-state index contributed by atoms with van der Waals surface area (Å²) in [5.74, 6) is -2.48. The Morgan fingerprint density at radius 3 is 2.51 bits per heavy atom. The van der Waals surface area contributed by atoms with E-state index in [9.17, 15) is 18.8 Å². The molecular weight excluding hydrogens is 451 g/mol. The van der Waals surface area contributed by atoms with Crippen LogP contribution in [0.3, 0.4) is 0 Å². The van der Waals surface area contributed by atoms with Crippen LogP contribution in [0.5, 0.6) is 5.75 Å². The van der Waals surface area contributed by atoms with Crippen molar-refractivity contribution in [2.75, 3.05) is 11.1 Å². The van der Waals surface area contributed by atoms with Gasteiger partial charge in [0.1, 0.15) is 11.6 Å². The smallest absolute Gasteiger partial charge is 0.343 e. The number of benzene rings is 3. The molecule has 0 aromatic heterocycles. The van der Waals surface area contributed by atoms with Gasteiger partial charge in [0.2, 0.25) is 0 Å². The lowest BCUT2D eigenvalue weighted by atomic mass is 10.0. The van der Waals surface area contributed by atoms with Crippen molar-refractivity contribution in [2.45, 2.75) is 25.3 Å². The fourth-order valence-corrected chi connectivity index (χ4v) is 3.76. The highest BCUT2D eigenvalue weighted by Gasteiger charge is 2.44. The molecule has 1 aliphatic rings. The van der Waals surface area contributed by atoms with Crippen LogP contribution in [0.15, 0.2) is 60.7 Å². The maximum absolute atomic E-state index is 15.0. The first-order valence-electron chi connectivity index (χ1n) is 10.8. The van der Waals surface area contributed by atoms with E-state index < -0.39 is 35.6 Å². The average molecular weight is 472 g/mol. The lowest BCUT2D eigenvalue weighted by molar-refractivity contribution is 0.0730. The van der Waals surface area contributed by atoms with Gasteiger partial charge in [-0.2, -0.15) is 5.26 Å². The summed E-state index contributed by atoms with van der Waals surface area (Å²) in [6, 6.07) is 15.9. The van der Waals surface area contributed by atoms with Gasteiger partial charge >= 0.3 is 12.0 Å². The molecule has 2 atom stereocenters. The topological polar surface area (TPSA) is 134 Å². The van der Waals surface area contributed by atoms with Gasteiger partial charge in [0, 0.05) is 28.9 Å². The number of hydrogen-bond donors (Lipinski definition) is 3. The van der Waals surface area contributed by atoms with Gasteiger partial charge in [0.25, 0.3) is 0 Å². The number of nitriles is 1. The Hall–Kier alpha value is -4.71. The molecular formula is C26H21FN4O4. The molecule has 0 radical (unpaired) electrons. The van der Waals surface area contributed by atoms with Gasteiger partial charge in [0.15, 0.2) is 5.78 Å². The second-order valence-electron chi connectivity index (χ2n) is 8.15. The van der Waals surface area contributed by atoms with Crippen LogP contribution in [0.1, 0.15) is 51.1 Å². The summed E-state index contributed by atoms with van der Waals surface area (Å²) in [5.41, 5.74) is 7.30. The molecule has 0 heterocycles. The zero-order chi connectivity index (χ0) is 25.1. The van der Waals surface area contributed by atoms with Gasteiger partial charge in [-0.05, 0) is 67.9 Å². The molecule has 0 bridgehead atoms. The monoisotopic (exact) mass is 472 g/mol. The summed E-state index contributed by atoms with van der Waals surface area (Å²) in [7, 11) is 0. The van der Waals surface area contributed by atoms with Crippen molar-refractivity contribution in [3.63, 3.8) is 0 Å². The van der Waals surface area contributed by atoms with Gasteiger partial charge in [0.05, 0.1) is 22.8 Å². The number of carbonyl (C=O) groups excluding carboxylic acids is 3. The number of ketones is 1. The molecule has 2 amide bonds. The van der Waals surface area contributed by atoms with Crippen molar-refractivity contribution in [1.82, 2.24) is 5.32 Å². The highest BCUT2D eigenvalue weighted by Crippen LogP contribution is 2.47. The van der Waals surface area contributed by atoms with Crippen LogP contribution >= 0.6 is 0 Å². The summed E-state index contributed by atoms with van der Waals surface area (Å²) in [6.07, 6.45) is 0.391. The quantitative estimate of drug-likeness (QED) is 0.211. The maximum Gasteiger partial charge on any atom is 0.343 e. The molecule has 1 fully saturated rings. The second-order valence-corrected chi connectivity index (χ2v) is 8.15. The second kappa shape index (κ2) is 9.65. The molecule has 176 valence electrons. The van der Waals surface area contributed by atoms with E-state index >= 15 is 0 Å². The third-order valence-corrected chi connectivity index (χ3v) is 5.59. The van der Waals surface area contributed by atoms with Crippen molar-refractivity contribution in [3.8, 4) is 11.8 Å². The first-order chi connectivity index (χ1) is 16.8. The highest BCUT2D eigenvalue weighted by molar-refractivity contribution is 6.00. The van der Waals surface area contributed by atoms with Gasteiger partial charge < -0.3 is 21.1 Å². The molecule has 0 aliphatic heterocycles. The molecule has 3 aromatic carbocycles. The van der Waals surface area contributed by atoms with Crippen molar-refractivity contribution < 1.29 is 23.5 Å². The molecule has 35 heavy (non-hydrogen) atoms. The average Bonchev–Trinajstić information content (AvgIpc) is 3.57. The predicted octanol–water partition coefficient (Wildman–Crippen LogP) is 4.38. The van der Waals surface area contributed by atoms with Crippen LogP contribution in [0.4, 0.5) is 20.6 Å². The zero-order valence-electron chi connectivity index (χ0n) is 18.7. The molecule has 9 heteroatoms. The number of Topliss-reactive ketones (excluding diaryl/α,β-unsaturated/α-hetero) is 1. The van der Waals surface area contributed by atoms with E-state index in [1.54, 1.807) is 36.4 Å². The molecule has 0 saturated heterocycles. The Bertz CT molecular complexity index is 1360. The molecule has 0 spiro atoms. The van der Waals surface area contributed by atoms with Crippen molar-refractivity contribution in [2.24, 2.45) is 0 Å². The van der Waals surface area contributed by atoms with Crippen molar-refractivity contribution in [1.29, 1.82) is 5.26 Å². The van der Waals surface area contributed by atoms with E-state index in [-0.39, 0.29) is 22.4 Å². The van der Waals surface area contributed by atoms with E-state index in [1.165, 1.54) is 25.1 Å². The number of nitrogens with one attached hydrogen (secondary N) is 2. The van der Waals surface area contributed by atoms with E-state index in [1.807, 2.05) is 6.07 Å². The number of anilines is 2. The number of urea groups is 1. The fourth-order valence-electron chi connectivity index (χ4n) is 3.76. The molecule has 1 aliphatic carbocycles. The van der Waals surface area contributed by atoms with E-state index in [0.717, 1.165) is 6.07 Å². The zero-order valence-corrected chi connectivity index (χ0v) is 18.7. The van der Waals surface area contributed by atoms with Crippen molar-refractivity contribution in [3.05, 3.63) is 88.7 Å². The van der Waals surface area contributed by atoms with Crippen LogP contribution in [-0.4, -0.2) is 23.8 Å². The number of nitrogens with zero attached hydrogens (tertiary/aromatic N) is 1. The summed E-state index contributed by atoms with van der Waals surface area (Å²) >= 11 is 0. The number of amides is 2. The molecule has 4 rings (SSSR count). The van der Waals surface area contributed by atoms with E-state index in [0.29, 0.717) is 23.4 Å². The molecule has 8 nitrogen and oxygen atoms in total. The minimum Gasteiger partial charge on any atom is -0.422 e. The summed E-state index contributed by atoms with van der Waals surface area (Å²) in [4.78, 5) is 37.4. The normalized spacial score (nSPS) is 16.0. The number of halogens is 1. The van der Waals surface area contributed by atoms with E-state index in [4.69, 9.17) is 15.7 Å². The molecule has 4 N–H and O–H groups in total. The Balaban J connectivity index is 1.54. The summed E-state index contributed by atoms with van der Waals surface area (Å²) in [5, 5.41) is 14.3. The Morgan fingerprint density at radius 1 is 1.11 bits per heavy atom. The number of hydrogen-bond acceptors (Lipinski definition) is 6. The van der Waals surface area contributed by atoms with Crippen molar-refractivity contribution >= 4 is 29.2 Å². The van der Waals surface area contributed by atoms with Crippen LogP contribution in [-0.2, 0) is 0 Å². The lowest BCUT2D eigenvalue weighted by Crippen LogP contribution is -2.31. The molecule has 3 aromatic rings. The van der Waals surface area contributed by atoms with Crippen LogP contribution < -0.4 is 21.1 Å². The Morgan fingerprint density at radius 2 is 1.86 bits per heavy atom. The molecule has 1 saturated carbocycles. The summed E-state index contributed by atoms with van der Waals surface area (Å²) in [6.45, 7) is 1.29. The van der Waals surface area contributed by atoms with Crippen LogP contribution in [0, 0.1) is 17.1 Å². The molecule has 2 unspecified atom stereocenters. The standard InChI is InChI=1S/C26H21FN4O4/c1-14(32)19-9-10-21(27)23(24(19)35-25(33)16-3-2-4-17(29)11-16)20-12-22(20)31-26(34)30-18-7-5-15(13-28)6-8-18/h2-11,20,22H,12,29H2,1H3,(H2,30,31,34). The Kier molecular flexibility index (Phi) is 6.46. The van der Waals surface area contributed by atoms with Gasteiger partial charge in [-0.1, -0.05) is 6.07 Å². The number of ether oxygens (including phenoxy) is 1. The number of carbonyl (C=O) groups is 3. The SMILES string of the molecule is CC(=O)c1ccc(F)c(C2CC2NC(=O)Nc2ccc(C#N)cc2)c1OC(=O)c1cccc(N)c1. The Labute approximate surface area is 200 Å². The van der Waals surface area contributed by atoms with Gasteiger partial charge in [-0.3, -0.25) is 4.79 Å². The third-order valence-electron chi connectivity index (χ3n) is 5.59. The van der Waals surface area contributed by atoms with Gasteiger partial charge in [-0.15, -0.1) is 0 Å². The number of nitrogens with two attached hydrogens (primary N) is 1. The minimum absolute atomic E-state index is 0.0543. The number of rotatable bonds is 6. The number of esters is 1. The van der Waals surface area contributed by atoms with Gasteiger partial charge in [-0.25, -0.2) is 14.0 Å². The first-order valence-corrected chi connectivity index (χ1v) is 10.8. The van der Waals surface area contributed by atoms with E-state index in [2.05, 4.69) is 10.6 Å². The largest absolute Gasteiger partial charge is 0.422 e. The predicted molar refractivity (Wildman–Crippen MR) is 127 cm³/mol. The summed E-state index contributed by atoms with van der Waals surface area (Å²) < 4.78 is 20.5. The highest BCUT2D eigenvalue weighted by atomic mass is 19.1.